The lowest BCUT2D eigenvalue weighted by molar-refractivity contribution is -0.144. The van der Waals surface area contributed by atoms with Crippen LogP contribution in [0.4, 0.5) is 0 Å². The second-order valence-electron chi connectivity index (χ2n) is 18.3. The lowest BCUT2D eigenvalue weighted by Crippen LogP contribution is -2.58. The van der Waals surface area contributed by atoms with Crippen molar-refractivity contribution in [3.8, 4) is 0 Å². The fourth-order valence-electron chi connectivity index (χ4n) is 8.86. The number of carbonyl (C=O) groups excluding carboxylic acids is 5. The van der Waals surface area contributed by atoms with Gasteiger partial charge < -0.3 is 40.5 Å². The normalized spacial score (nSPS) is 27.3. The van der Waals surface area contributed by atoms with E-state index in [1.165, 1.54) is 0 Å². The average molecular weight is 884 g/mol. The topological polar surface area (TPSA) is 189 Å². The third kappa shape index (κ3) is 11.1. The Balaban J connectivity index is 0.989. The van der Waals surface area contributed by atoms with Gasteiger partial charge >= 0.3 is 0 Å². The summed E-state index contributed by atoms with van der Waals surface area (Å²) in [5.74, 6) is 0.682. The molecule has 0 radical (unpaired) electrons. The number of nitrogens with zero attached hydrogens (tertiary/aromatic N) is 5. The van der Waals surface area contributed by atoms with Gasteiger partial charge in [-0.1, -0.05) is 70.2 Å². The summed E-state index contributed by atoms with van der Waals surface area (Å²) in [5, 5.41) is 20.5. The van der Waals surface area contributed by atoms with E-state index in [1.807, 2.05) is 62.9 Å². The van der Waals surface area contributed by atoms with Crippen molar-refractivity contribution in [1.29, 1.82) is 0 Å². The van der Waals surface area contributed by atoms with Crippen LogP contribution in [0.3, 0.4) is 0 Å². The number of nitrogens with one attached hydrogen (secondary N) is 4. The molecule has 18 heteroatoms. The van der Waals surface area contributed by atoms with Gasteiger partial charge in [0.25, 0.3) is 0 Å². The molecule has 61 heavy (non-hydrogen) atoms. The van der Waals surface area contributed by atoms with Gasteiger partial charge in [-0.15, -0.1) is 28.6 Å². The van der Waals surface area contributed by atoms with Crippen LogP contribution in [0.25, 0.3) is 0 Å². The molecular formula is C43H65N9O7S2. The van der Waals surface area contributed by atoms with Gasteiger partial charge in [0.1, 0.15) is 23.8 Å². The SMILES string of the molecule is CN[C@@H](C)C(=O)N[C@H]1CCS[C@H]2CC(C)(C)[C@@H](C(=O)N[C@H](COCCn3cc(COC[C@H](C)NC(=O)[C@H]4N5C(=O)[C@@H](C)CCS[C@H]5CC4(C)C)nn3)c3ccccc3)N2C1=O. The Bertz CT molecular complexity index is 1870. The predicted octanol–water partition coefficient (Wildman–Crippen LogP) is 3.08. The number of ether oxygens (including phenoxy) is 2. The molecule has 4 saturated heterocycles. The number of hydrogen-bond acceptors (Lipinski definition) is 12. The summed E-state index contributed by atoms with van der Waals surface area (Å²) in [4.78, 5) is 71.6. The number of benzene rings is 1. The molecule has 16 nitrogen and oxygen atoms in total. The van der Waals surface area contributed by atoms with Gasteiger partial charge in [-0.3, -0.25) is 24.0 Å². The summed E-state index contributed by atoms with van der Waals surface area (Å²) in [6, 6.07) is 6.42. The van der Waals surface area contributed by atoms with Crippen LogP contribution < -0.4 is 21.3 Å². The maximum Gasteiger partial charge on any atom is 0.246 e. The van der Waals surface area contributed by atoms with E-state index in [9.17, 15) is 24.0 Å². The molecule has 0 saturated carbocycles. The summed E-state index contributed by atoms with van der Waals surface area (Å²) in [6.07, 6.45) is 4.55. The summed E-state index contributed by atoms with van der Waals surface area (Å²) < 4.78 is 13.7. The first-order chi connectivity index (χ1) is 29.0. The minimum Gasteiger partial charge on any atom is -0.377 e. The third-order valence-electron chi connectivity index (χ3n) is 12.4. The third-order valence-corrected chi connectivity index (χ3v) is 14.9. The van der Waals surface area contributed by atoms with Crippen molar-refractivity contribution in [3.63, 3.8) is 0 Å². The fourth-order valence-corrected chi connectivity index (χ4v) is 12.1. The number of fused-ring (bicyclic) bond motifs is 2. The highest BCUT2D eigenvalue weighted by Crippen LogP contribution is 2.48. The second-order valence-corrected chi connectivity index (χ2v) is 20.9. The van der Waals surface area contributed by atoms with Crippen molar-refractivity contribution >= 4 is 53.1 Å². The quantitative estimate of drug-likeness (QED) is 0.170. The standard InChI is InChI=1S/C43H65N9O7S2/c1-26-14-18-60-33-20-42(4,5)35(51(33)40(26)56)38(54)45-27(2)23-59-24-30-22-50(49-48-30)16-17-58-25-32(29-12-10-9-11-13-29)47-39(55)36-43(6,7)21-34-52(36)41(57)31(15-19-61-34)46-37(53)28(3)44-8/h9-13,22,26-28,31-36,44H,14-21,23-25H2,1-8H3,(H,45,54)(H,46,53)(H,47,55)/t26-,27-,28-,31-,32+,33-,34-,35+,36+/m0/s1. The largest absolute Gasteiger partial charge is 0.377 e. The molecule has 0 bridgehead atoms. The molecular weight excluding hydrogens is 819 g/mol. The molecule has 336 valence electrons. The van der Waals surface area contributed by atoms with Crippen LogP contribution in [0.15, 0.2) is 36.5 Å². The Morgan fingerprint density at radius 1 is 0.869 bits per heavy atom. The minimum absolute atomic E-state index is 0.0212. The molecule has 9 atom stereocenters. The Morgan fingerprint density at radius 3 is 2.15 bits per heavy atom. The molecule has 6 rings (SSSR count). The first-order valence-electron chi connectivity index (χ1n) is 21.6. The Morgan fingerprint density at radius 2 is 1.49 bits per heavy atom. The summed E-state index contributed by atoms with van der Waals surface area (Å²) >= 11 is 3.44. The van der Waals surface area contributed by atoms with E-state index in [0.717, 1.165) is 24.2 Å². The molecule has 1 aromatic heterocycles. The Hall–Kier alpha value is -3.71. The molecule has 4 fully saturated rings. The van der Waals surface area contributed by atoms with Crippen LogP contribution in [0.5, 0.6) is 0 Å². The average Bonchev–Trinajstić information content (AvgIpc) is 3.81. The molecule has 2 aromatic rings. The van der Waals surface area contributed by atoms with Gasteiger partial charge in [0.05, 0.1) is 62.0 Å². The lowest BCUT2D eigenvalue weighted by Gasteiger charge is -2.35. The van der Waals surface area contributed by atoms with Crippen LogP contribution in [0, 0.1) is 16.7 Å². The van der Waals surface area contributed by atoms with Crippen LogP contribution in [-0.2, 0) is 46.6 Å². The van der Waals surface area contributed by atoms with E-state index < -0.39 is 35.6 Å². The maximum absolute atomic E-state index is 14.3. The van der Waals surface area contributed by atoms with E-state index in [-0.39, 0.29) is 77.5 Å². The van der Waals surface area contributed by atoms with E-state index in [2.05, 4.69) is 45.4 Å². The van der Waals surface area contributed by atoms with Crippen molar-refractivity contribution in [2.24, 2.45) is 16.7 Å². The van der Waals surface area contributed by atoms with Crippen LogP contribution in [-0.4, -0.2) is 134 Å². The van der Waals surface area contributed by atoms with Gasteiger partial charge in [0.2, 0.25) is 29.5 Å². The zero-order valence-electron chi connectivity index (χ0n) is 36.8. The van der Waals surface area contributed by atoms with Gasteiger partial charge in [0.15, 0.2) is 0 Å². The molecule has 5 amide bonds. The van der Waals surface area contributed by atoms with Gasteiger partial charge in [-0.2, -0.15) is 0 Å². The van der Waals surface area contributed by atoms with Gasteiger partial charge in [-0.25, -0.2) is 4.68 Å². The molecule has 4 N–H and O–H groups in total. The highest BCUT2D eigenvalue weighted by Gasteiger charge is 2.55. The van der Waals surface area contributed by atoms with Crippen molar-refractivity contribution in [2.75, 3.05) is 38.4 Å². The zero-order chi connectivity index (χ0) is 44.1. The van der Waals surface area contributed by atoms with E-state index in [0.29, 0.717) is 37.4 Å². The summed E-state index contributed by atoms with van der Waals surface area (Å²) in [5.41, 5.74) is 0.658. The molecule has 0 unspecified atom stereocenters. The second kappa shape index (κ2) is 20.2. The number of rotatable bonds is 17. The van der Waals surface area contributed by atoms with E-state index >= 15 is 0 Å². The number of hydrogen-bond donors (Lipinski definition) is 4. The van der Waals surface area contributed by atoms with Crippen molar-refractivity contribution in [3.05, 3.63) is 47.8 Å². The summed E-state index contributed by atoms with van der Waals surface area (Å²) in [6.45, 7) is 15.1. The van der Waals surface area contributed by atoms with Gasteiger partial charge in [-0.05, 0) is 74.5 Å². The Kier molecular flexibility index (Phi) is 15.5. The van der Waals surface area contributed by atoms with Crippen molar-refractivity contribution in [1.82, 2.24) is 46.1 Å². The number of thioether (sulfide) groups is 2. The number of amides is 5. The molecule has 4 aliphatic rings. The minimum atomic E-state index is -0.738. The fraction of sp³-hybridized carbons (Fsp3) is 0.698. The van der Waals surface area contributed by atoms with E-state index in [4.69, 9.17) is 9.47 Å². The van der Waals surface area contributed by atoms with Crippen LogP contribution in [0.1, 0.15) is 91.4 Å². The first-order valence-corrected chi connectivity index (χ1v) is 23.7. The van der Waals surface area contributed by atoms with Crippen LogP contribution >= 0.6 is 23.5 Å². The maximum atomic E-state index is 14.3. The number of carbonyl (C=O) groups is 5. The van der Waals surface area contributed by atoms with Crippen molar-refractivity contribution < 1.29 is 33.4 Å². The van der Waals surface area contributed by atoms with Crippen LogP contribution in [0.2, 0.25) is 0 Å². The summed E-state index contributed by atoms with van der Waals surface area (Å²) in [7, 11) is 1.70. The predicted molar refractivity (Wildman–Crippen MR) is 235 cm³/mol. The molecule has 1 aromatic carbocycles. The van der Waals surface area contributed by atoms with Gasteiger partial charge in [0, 0.05) is 12.0 Å². The zero-order valence-corrected chi connectivity index (χ0v) is 38.5. The molecule has 0 spiro atoms. The van der Waals surface area contributed by atoms with E-state index in [1.54, 1.807) is 53.3 Å². The lowest BCUT2D eigenvalue weighted by atomic mass is 9.83. The smallest absolute Gasteiger partial charge is 0.246 e. The number of likely N-dealkylation sites (N-methyl/N-ethyl adjacent to an activating group) is 1. The Labute approximate surface area is 368 Å². The monoisotopic (exact) mass is 883 g/mol. The van der Waals surface area contributed by atoms with Crippen molar-refractivity contribution in [2.45, 2.75) is 134 Å². The molecule has 0 aliphatic carbocycles. The highest BCUT2D eigenvalue weighted by molar-refractivity contribution is 8.00. The molecule has 4 aliphatic heterocycles. The molecule has 5 heterocycles. The highest BCUT2D eigenvalue weighted by atomic mass is 32.2. The number of aromatic nitrogens is 3. The first kappa shape index (κ1) is 46.8.